The molecule has 0 fully saturated rings. The van der Waals surface area contributed by atoms with Crippen LogP contribution in [0.5, 0.6) is 0 Å². The quantitative estimate of drug-likeness (QED) is 0.751. The summed E-state index contributed by atoms with van der Waals surface area (Å²) < 4.78 is 26.5. The predicted octanol–water partition coefficient (Wildman–Crippen LogP) is 4.70. The van der Waals surface area contributed by atoms with Crippen LogP contribution < -0.4 is 0 Å². The summed E-state index contributed by atoms with van der Waals surface area (Å²) in [5, 5.41) is 0.0343. The lowest BCUT2D eigenvalue weighted by Gasteiger charge is -2.06. The highest BCUT2D eigenvalue weighted by molar-refractivity contribution is 6.32. The van der Waals surface area contributed by atoms with Gasteiger partial charge < -0.3 is 0 Å². The van der Waals surface area contributed by atoms with Gasteiger partial charge in [-0.25, -0.2) is 8.78 Å². The average molecular weight is 301 g/mol. The SMILES string of the molecule is O=C(Cc1c(F)cccc1Cl)c1ccc(F)c(Cl)c1. The van der Waals surface area contributed by atoms with Crippen molar-refractivity contribution in [2.24, 2.45) is 0 Å². The molecule has 0 atom stereocenters. The number of rotatable bonds is 3. The minimum atomic E-state index is -0.609. The first-order chi connectivity index (χ1) is 8.99. The van der Waals surface area contributed by atoms with Gasteiger partial charge in [-0.05, 0) is 30.3 Å². The van der Waals surface area contributed by atoms with E-state index in [1.54, 1.807) is 0 Å². The number of carbonyl (C=O) groups is 1. The normalized spacial score (nSPS) is 10.5. The van der Waals surface area contributed by atoms with Crippen LogP contribution in [0.2, 0.25) is 10.0 Å². The molecule has 0 aromatic heterocycles. The van der Waals surface area contributed by atoms with Crippen LogP contribution in [0.1, 0.15) is 15.9 Å². The van der Waals surface area contributed by atoms with Crippen LogP contribution in [-0.4, -0.2) is 5.78 Å². The topological polar surface area (TPSA) is 17.1 Å². The Morgan fingerprint density at radius 2 is 1.74 bits per heavy atom. The Morgan fingerprint density at radius 3 is 2.37 bits per heavy atom. The third kappa shape index (κ3) is 3.11. The van der Waals surface area contributed by atoms with E-state index in [9.17, 15) is 13.6 Å². The van der Waals surface area contributed by atoms with Gasteiger partial charge in [0.15, 0.2) is 5.78 Å². The molecule has 0 heterocycles. The monoisotopic (exact) mass is 300 g/mol. The van der Waals surface area contributed by atoms with E-state index in [2.05, 4.69) is 0 Å². The molecule has 0 aliphatic heterocycles. The van der Waals surface area contributed by atoms with Crippen LogP contribution in [0.3, 0.4) is 0 Å². The summed E-state index contributed by atoms with van der Waals surface area (Å²) in [6, 6.07) is 7.81. The third-order valence-electron chi connectivity index (χ3n) is 2.64. The molecule has 2 rings (SSSR count). The number of benzene rings is 2. The van der Waals surface area contributed by atoms with Crippen molar-refractivity contribution in [2.45, 2.75) is 6.42 Å². The highest BCUT2D eigenvalue weighted by atomic mass is 35.5. The maximum absolute atomic E-state index is 13.5. The molecule has 5 heteroatoms. The molecule has 0 radical (unpaired) electrons. The summed E-state index contributed by atoms with van der Waals surface area (Å²) >= 11 is 11.4. The van der Waals surface area contributed by atoms with Crippen LogP contribution >= 0.6 is 23.2 Å². The van der Waals surface area contributed by atoms with Crippen LogP contribution in [0.25, 0.3) is 0 Å². The van der Waals surface area contributed by atoms with Gasteiger partial charge in [0.05, 0.1) is 5.02 Å². The summed E-state index contributed by atoms with van der Waals surface area (Å²) in [7, 11) is 0. The summed E-state index contributed by atoms with van der Waals surface area (Å²) in [6.45, 7) is 0. The molecule has 0 unspecified atom stereocenters. The van der Waals surface area contributed by atoms with E-state index >= 15 is 0 Å². The number of hydrogen-bond acceptors (Lipinski definition) is 1. The largest absolute Gasteiger partial charge is 0.294 e. The van der Waals surface area contributed by atoms with Crippen molar-refractivity contribution in [2.75, 3.05) is 0 Å². The Morgan fingerprint density at radius 1 is 1.00 bits per heavy atom. The molecule has 0 spiro atoms. The lowest BCUT2D eigenvalue weighted by atomic mass is 10.0. The number of hydrogen-bond donors (Lipinski definition) is 0. The van der Waals surface area contributed by atoms with Gasteiger partial charge in [-0.2, -0.15) is 0 Å². The zero-order valence-corrected chi connectivity index (χ0v) is 11.1. The molecule has 0 saturated carbocycles. The van der Waals surface area contributed by atoms with Gasteiger partial charge in [0, 0.05) is 22.6 Å². The van der Waals surface area contributed by atoms with Gasteiger partial charge in [-0.3, -0.25) is 4.79 Å². The molecule has 0 bridgehead atoms. The van der Waals surface area contributed by atoms with Crippen molar-refractivity contribution in [1.82, 2.24) is 0 Å². The van der Waals surface area contributed by atoms with Gasteiger partial charge in [-0.1, -0.05) is 29.3 Å². The molecular formula is C14H8Cl2F2O. The molecule has 2 aromatic carbocycles. The molecule has 0 aliphatic carbocycles. The Balaban J connectivity index is 2.28. The number of halogens is 4. The van der Waals surface area contributed by atoms with E-state index in [1.165, 1.54) is 30.3 Å². The van der Waals surface area contributed by atoms with E-state index in [0.29, 0.717) is 0 Å². The average Bonchev–Trinajstić information content (AvgIpc) is 2.37. The van der Waals surface area contributed by atoms with Crippen molar-refractivity contribution in [3.05, 3.63) is 69.2 Å². The fourth-order valence-corrected chi connectivity index (χ4v) is 2.04. The van der Waals surface area contributed by atoms with E-state index in [0.717, 1.165) is 6.07 Å². The van der Waals surface area contributed by atoms with Crippen LogP contribution in [-0.2, 0) is 6.42 Å². The highest BCUT2D eigenvalue weighted by Gasteiger charge is 2.14. The lowest BCUT2D eigenvalue weighted by molar-refractivity contribution is 0.0992. The fourth-order valence-electron chi connectivity index (χ4n) is 1.63. The third-order valence-corrected chi connectivity index (χ3v) is 3.28. The van der Waals surface area contributed by atoms with Crippen molar-refractivity contribution in [1.29, 1.82) is 0 Å². The van der Waals surface area contributed by atoms with Crippen LogP contribution in [0.15, 0.2) is 36.4 Å². The first-order valence-electron chi connectivity index (χ1n) is 5.40. The minimum Gasteiger partial charge on any atom is -0.294 e. The highest BCUT2D eigenvalue weighted by Crippen LogP contribution is 2.22. The molecule has 0 saturated heterocycles. The van der Waals surface area contributed by atoms with Crippen molar-refractivity contribution in [3.8, 4) is 0 Å². The second-order valence-corrected chi connectivity index (χ2v) is 4.74. The maximum Gasteiger partial charge on any atom is 0.167 e. The Hall–Kier alpha value is -1.45. The summed E-state index contributed by atoms with van der Waals surface area (Å²) in [5.41, 5.74) is 0.334. The molecule has 0 N–H and O–H groups in total. The Bertz CT molecular complexity index is 621. The van der Waals surface area contributed by atoms with E-state index < -0.39 is 11.6 Å². The van der Waals surface area contributed by atoms with E-state index in [1.807, 2.05) is 0 Å². The van der Waals surface area contributed by atoms with Gasteiger partial charge in [0.2, 0.25) is 0 Å². The number of ketones is 1. The molecule has 1 nitrogen and oxygen atoms in total. The van der Waals surface area contributed by atoms with Gasteiger partial charge in [0.25, 0.3) is 0 Å². The predicted molar refractivity (Wildman–Crippen MR) is 70.9 cm³/mol. The zero-order valence-electron chi connectivity index (χ0n) is 9.59. The Kier molecular flexibility index (Phi) is 4.17. The number of Topliss-reactive ketones (excluding diaryl/α,β-unsaturated/α-hetero) is 1. The Labute approximate surface area is 118 Å². The molecule has 0 amide bonds. The van der Waals surface area contributed by atoms with Gasteiger partial charge >= 0.3 is 0 Å². The lowest BCUT2D eigenvalue weighted by Crippen LogP contribution is -2.06. The van der Waals surface area contributed by atoms with Crippen molar-refractivity contribution < 1.29 is 13.6 Å². The first kappa shape index (κ1) is 14.0. The molecule has 0 aliphatic rings. The summed E-state index contributed by atoms with van der Waals surface area (Å²) in [4.78, 5) is 12.0. The smallest absolute Gasteiger partial charge is 0.167 e. The van der Waals surface area contributed by atoms with Crippen molar-refractivity contribution in [3.63, 3.8) is 0 Å². The standard InChI is InChI=1S/C14H8Cl2F2O/c15-10-2-1-3-12(17)9(10)7-14(19)8-4-5-13(18)11(16)6-8/h1-6H,7H2. The molecule has 19 heavy (non-hydrogen) atoms. The summed E-state index contributed by atoms with van der Waals surface area (Å²) in [6.07, 6.45) is -0.201. The van der Waals surface area contributed by atoms with Crippen LogP contribution in [0.4, 0.5) is 8.78 Å². The van der Waals surface area contributed by atoms with Gasteiger partial charge in [-0.15, -0.1) is 0 Å². The second-order valence-electron chi connectivity index (χ2n) is 3.93. The zero-order chi connectivity index (χ0) is 14.0. The van der Waals surface area contributed by atoms with E-state index in [-0.39, 0.29) is 33.4 Å². The fraction of sp³-hybridized carbons (Fsp3) is 0.0714. The van der Waals surface area contributed by atoms with Gasteiger partial charge in [0.1, 0.15) is 11.6 Å². The molecule has 98 valence electrons. The van der Waals surface area contributed by atoms with Crippen molar-refractivity contribution >= 4 is 29.0 Å². The number of carbonyl (C=O) groups excluding carboxylic acids is 1. The van der Waals surface area contributed by atoms with E-state index in [4.69, 9.17) is 23.2 Å². The molecule has 2 aromatic rings. The van der Waals surface area contributed by atoms with Crippen LogP contribution in [0, 0.1) is 11.6 Å². The minimum absolute atomic E-state index is 0.120. The molecular weight excluding hydrogens is 293 g/mol. The first-order valence-corrected chi connectivity index (χ1v) is 6.16. The summed E-state index contributed by atoms with van der Waals surface area (Å²) in [5.74, 6) is -1.54. The second kappa shape index (κ2) is 5.68. The maximum atomic E-state index is 13.5.